The summed E-state index contributed by atoms with van der Waals surface area (Å²) in [4.78, 5) is 18.4. The standard InChI is InChI=1S/C24H22N4O3/c1-15-22-20(16-7-9-17(10-8-16)27-12-11-19(29)14-27)13-21(24(30)31)25-23(22)28(26-15)18-5-3-2-4-6-18/h2-10,13,19,29H,11-12,14H2,1H3,(H,30,31). The van der Waals surface area contributed by atoms with Crippen molar-refractivity contribution < 1.29 is 15.0 Å². The second-order valence-electron chi connectivity index (χ2n) is 7.83. The summed E-state index contributed by atoms with van der Waals surface area (Å²) in [6.07, 6.45) is 0.483. The Morgan fingerprint density at radius 1 is 1.06 bits per heavy atom. The van der Waals surface area contributed by atoms with Crippen LogP contribution in [0, 0.1) is 6.92 Å². The number of hydrogen-bond acceptors (Lipinski definition) is 5. The molecular weight excluding hydrogens is 392 g/mol. The first-order valence-corrected chi connectivity index (χ1v) is 10.2. The van der Waals surface area contributed by atoms with Crippen LogP contribution in [0.5, 0.6) is 0 Å². The third kappa shape index (κ3) is 3.43. The zero-order valence-electron chi connectivity index (χ0n) is 17.1. The number of aliphatic hydroxyl groups excluding tert-OH is 1. The zero-order valence-corrected chi connectivity index (χ0v) is 17.1. The molecule has 7 heteroatoms. The van der Waals surface area contributed by atoms with Crippen LogP contribution < -0.4 is 4.90 Å². The number of fused-ring (bicyclic) bond motifs is 1. The van der Waals surface area contributed by atoms with Gasteiger partial charge in [0.2, 0.25) is 0 Å². The molecule has 0 aliphatic carbocycles. The van der Waals surface area contributed by atoms with Crippen molar-refractivity contribution in [1.29, 1.82) is 0 Å². The van der Waals surface area contributed by atoms with E-state index < -0.39 is 5.97 Å². The quantitative estimate of drug-likeness (QED) is 0.530. The SMILES string of the molecule is Cc1nn(-c2ccccc2)c2nc(C(=O)O)cc(-c3ccc(N4CCC(O)C4)cc3)c12. The Kier molecular flexibility index (Phi) is 4.67. The molecule has 1 aliphatic heterocycles. The Balaban J connectivity index is 1.66. The average molecular weight is 414 g/mol. The molecule has 2 N–H and O–H groups in total. The van der Waals surface area contributed by atoms with Gasteiger partial charge in [-0.05, 0) is 54.8 Å². The lowest BCUT2D eigenvalue weighted by Gasteiger charge is -2.18. The molecule has 0 amide bonds. The third-order valence-electron chi connectivity index (χ3n) is 5.74. The summed E-state index contributed by atoms with van der Waals surface area (Å²) in [6.45, 7) is 3.37. The van der Waals surface area contributed by atoms with E-state index in [0.717, 1.165) is 46.5 Å². The number of β-amino-alcohol motifs (C(OH)–C–C–N with tert-alkyl or cyclic N) is 1. The minimum Gasteiger partial charge on any atom is -0.477 e. The van der Waals surface area contributed by atoms with Crippen molar-refractivity contribution >= 4 is 22.7 Å². The Morgan fingerprint density at radius 3 is 2.45 bits per heavy atom. The van der Waals surface area contributed by atoms with E-state index in [2.05, 4.69) is 15.0 Å². The first-order chi connectivity index (χ1) is 15.0. The number of rotatable bonds is 4. The lowest BCUT2D eigenvalue weighted by Crippen LogP contribution is -2.20. The summed E-state index contributed by atoms with van der Waals surface area (Å²) in [7, 11) is 0. The summed E-state index contributed by atoms with van der Waals surface area (Å²) in [6, 6.07) is 19.2. The fourth-order valence-electron chi connectivity index (χ4n) is 4.20. The second-order valence-corrected chi connectivity index (χ2v) is 7.83. The van der Waals surface area contributed by atoms with Gasteiger partial charge in [-0.2, -0.15) is 5.10 Å². The van der Waals surface area contributed by atoms with Gasteiger partial charge in [0.05, 0.1) is 22.9 Å². The third-order valence-corrected chi connectivity index (χ3v) is 5.74. The highest BCUT2D eigenvalue weighted by molar-refractivity contribution is 6.00. The van der Waals surface area contributed by atoms with Gasteiger partial charge in [-0.1, -0.05) is 30.3 Å². The van der Waals surface area contributed by atoms with Gasteiger partial charge in [0.1, 0.15) is 0 Å². The van der Waals surface area contributed by atoms with Crippen LogP contribution >= 0.6 is 0 Å². The number of para-hydroxylation sites is 1. The van der Waals surface area contributed by atoms with Gasteiger partial charge >= 0.3 is 5.97 Å². The highest BCUT2D eigenvalue weighted by Crippen LogP contribution is 2.33. The Hall–Kier alpha value is -3.71. The lowest BCUT2D eigenvalue weighted by atomic mass is 10.0. The zero-order chi connectivity index (χ0) is 21.5. The maximum Gasteiger partial charge on any atom is 0.354 e. The van der Waals surface area contributed by atoms with Crippen LogP contribution in [0.15, 0.2) is 60.7 Å². The number of anilines is 1. The molecule has 1 unspecified atom stereocenters. The predicted molar refractivity (Wildman–Crippen MR) is 119 cm³/mol. The van der Waals surface area contributed by atoms with E-state index in [-0.39, 0.29) is 11.8 Å². The Morgan fingerprint density at radius 2 is 1.81 bits per heavy atom. The summed E-state index contributed by atoms with van der Waals surface area (Å²) >= 11 is 0. The highest BCUT2D eigenvalue weighted by atomic mass is 16.4. The Bertz CT molecular complexity index is 1270. The van der Waals surface area contributed by atoms with Crippen LogP contribution in [-0.4, -0.2) is 50.1 Å². The molecule has 1 fully saturated rings. The van der Waals surface area contributed by atoms with Crippen LogP contribution in [0.3, 0.4) is 0 Å². The molecule has 0 saturated carbocycles. The van der Waals surface area contributed by atoms with Crippen LogP contribution in [0.1, 0.15) is 22.6 Å². The lowest BCUT2D eigenvalue weighted by molar-refractivity contribution is 0.0691. The summed E-state index contributed by atoms with van der Waals surface area (Å²) < 4.78 is 1.70. The van der Waals surface area contributed by atoms with Crippen LogP contribution in [0.25, 0.3) is 27.8 Å². The number of aromatic carboxylic acids is 1. The van der Waals surface area contributed by atoms with Crippen molar-refractivity contribution in [2.75, 3.05) is 18.0 Å². The number of pyridine rings is 1. The van der Waals surface area contributed by atoms with E-state index in [9.17, 15) is 15.0 Å². The normalized spacial score (nSPS) is 16.2. The minimum absolute atomic E-state index is 0.0219. The minimum atomic E-state index is -1.08. The van der Waals surface area contributed by atoms with E-state index in [1.165, 1.54) is 0 Å². The fraction of sp³-hybridized carbons (Fsp3) is 0.208. The monoisotopic (exact) mass is 414 g/mol. The van der Waals surface area contributed by atoms with Crippen molar-refractivity contribution in [3.05, 3.63) is 72.1 Å². The molecule has 0 bridgehead atoms. The van der Waals surface area contributed by atoms with Crippen LogP contribution in [0.2, 0.25) is 0 Å². The maximum atomic E-state index is 11.8. The van der Waals surface area contributed by atoms with Gasteiger partial charge < -0.3 is 15.1 Å². The molecule has 1 atom stereocenters. The number of carboxylic acids is 1. The van der Waals surface area contributed by atoms with E-state index in [0.29, 0.717) is 12.2 Å². The predicted octanol–water partition coefficient (Wildman–Crippen LogP) is 3.67. The molecule has 1 aliphatic rings. The van der Waals surface area contributed by atoms with Gasteiger partial charge in [-0.3, -0.25) is 0 Å². The topological polar surface area (TPSA) is 91.5 Å². The summed E-state index contributed by atoms with van der Waals surface area (Å²) in [5, 5.41) is 25.0. The molecule has 2 aromatic heterocycles. The average Bonchev–Trinajstić information content (AvgIpc) is 3.37. The van der Waals surface area contributed by atoms with Crippen molar-refractivity contribution in [2.24, 2.45) is 0 Å². The highest BCUT2D eigenvalue weighted by Gasteiger charge is 2.22. The second kappa shape index (κ2) is 7.52. The molecular formula is C24H22N4O3. The van der Waals surface area contributed by atoms with Crippen LogP contribution in [0.4, 0.5) is 5.69 Å². The van der Waals surface area contributed by atoms with E-state index in [1.54, 1.807) is 10.7 Å². The van der Waals surface area contributed by atoms with Crippen molar-refractivity contribution in [3.8, 4) is 16.8 Å². The van der Waals surface area contributed by atoms with Crippen LogP contribution in [-0.2, 0) is 0 Å². The fourth-order valence-corrected chi connectivity index (χ4v) is 4.20. The van der Waals surface area contributed by atoms with Gasteiger partial charge in [0.25, 0.3) is 0 Å². The Labute approximate surface area is 179 Å². The van der Waals surface area contributed by atoms with Crippen molar-refractivity contribution in [1.82, 2.24) is 14.8 Å². The number of hydrogen-bond donors (Lipinski definition) is 2. The van der Waals surface area contributed by atoms with Gasteiger partial charge in [-0.25, -0.2) is 14.5 Å². The van der Waals surface area contributed by atoms with Crippen molar-refractivity contribution in [3.63, 3.8) is 0 Å². The van der Waals surface area contributed by atoms with Gasteiger partial charge in [-0.15, -0.1) is 0 Å². The molecule has 2 aromatic carbocycles. The molecule has 1 saturated heterocycles. The number of aryl methyl sites for hydroxylation is 1. The first kappa shape index (κ1) is 19.3. The molecule has 0 radical (unpaired) electrons. The number of aromatic nitrogens is 3. The van der Waals surface area contributed by atoms with Gasteiger partial charge in [0.15, 0.2) is 11.3 Å². The summed E-state index contributed by atoms with van der Waals surface area (Å²) in [5.74, 6) is -1.08. The molecule has 3 heterocycles. The van der Waals surface area contributed by atoms with Gasteiger partial charge in [0, 0.05) is 18.8 Å². The molecule has 4 aromatic rings. The van der Waals surface area contributed by atoms with E-state index >= 15 is 0 Å². The molecule has 7 nitrogen and oxygen atoms in total. The first-order valence-electron chi connectivity index (χ1n) is 10.2. The maximum absolute atomic E-state index is 11.8. The van der Waals surface area contributed by atoms with E-state index in [1.807, 2.05) is 61.5 Å². The van der Waals surface area contributed by atoms with Crippen molar-refractivity contribution in [2.45, 2.75) is 19.4 Å². The number of aliphatic hydroxyl groups is 1. The molecule has 0 spiro atoms. The number of carboxylic acid groups (broad SMARTS) is 1. The number of carbonyl (C=O) groups is 1. The van der Waals surface area contributed by atoms with E-state index in [4.69, 9.17) is 0 Å². The largest absolute Gasteiger partial charge is 0.477 e. The number of nitrogens with zero attached hydrogens (tertiary/aromatic N) is 4. The number of benzene rings is 2. The molecule has 31 heavy (non-hydrogen) atoms. The smallest absolute Gasteiger partial charge is 0.354 e. The summed E-state index contributed by atoms with van der Waals surface area (Å²) in [5.41, 5.74) is 4.83. The molecule has 5 rings (SSSR count). The molecule has 156 valence electrons.